The number of carbonyl (C=O) groups excluding carboxylic acids is 1. The first-order valence-corrected chi connectivity index (χ1v) is 10.4. The van der Waals surface area contributed by atoms with Crippen LogP contribution in [-0.2, 0) is 6.54 Å². The minimum atomic E-state index is -0.0400. The maximum absolute atomic E-state index is 12.8. The van der Waals surface area contributed by atoms with Gasteiger partial charge >= 0.3 is 6.03 Å². The number of urea groups is 1. The maximum atomic E-state index is 12.8. The molecule has 1 aliphatic carbocycles. The number of ether oxygens (including phenoxy) is 1. The Hall–Kier alpha value is -2.53. The van der Waals surface area contributed by atoms with Crippen LogP contribution in [-0.4, -0.2) is 48.1 Å². The lowest BCUT2D eigenvalue weighted by atomic mass is 10.2. The molecule has 0 radical (unpaired) electrons. The average molecular weight is 380 g/mol. The van der Waals surface area contributed by atoms with E-state index < -0.39 is 0 Å². The van der Waals surface area contributed by atoms with Crippen molar-refractivity contribution in [3.05, 3.63) is 60.2 Å². The van der Waals surface area contributed by atoms with Crippen molar-refractivity contribution in [2.45, 2.75) is 38.3 Å². The number of amides is 2. The summed E-state index contributed by atoms with van der Waals surface area (Å²) >= 11 is 0. The monoisotopic (exact) mass is 379 g/mol. The van der Waals surface area contributed by atoms with Crippen molar-refractivity contribution in [1.82, 2.24) is 9.80 Å². The number of piperazine rings is 1. The van der Waals surface area contributed by atoms with E-state index in [1.807, 2.05) is 35.2 Å². The van der Waals surface area contributed by atoms with Crippen LogP contribution < -0.4 is 10.1 Å². The Kier molecular flexibility index (Phi) is 6.12. The molecule has 2 fully saturated rings. The average Bonchev–Trinajstić information content (AvgIpc) is 3.24. The third-order valence-corrected chi connectivity index (χ3v) is 5.63. The Morgan fingerprint density at radius 2 is 1.61 bits per heavy atom. The zero-order valence-corrected chi connectivity index (χ0v) is 16.3. The normalized spacial score (nSPS) is 18.2. The van der Waals surface area contributed by atoms with Gasteiger partial charge < -0.3 is 15.0 Å². The van der Waals surface area contributed by atoms with Gasteiger partial charge in [-0.1, -0.05) is 42.5 Å². The van der Waals surface area contributed by atoms with E-state index in [1.54, 1.807) is 0 Å². The van der Waals surface area contributed by atoms with Crippen LogP contribution in [0, 0.1) is 0 Å². The molecule has 0 unspecified atom stereocenters. The Morgan fingerprint density at radius 3 is 2.36 bits per heavy atom. The van der Waals surface area contributed by atoms with E-state index in [-0.39, 0.29) is 12.1 Å². The van der Waals surface area contributed by atoms with Crippen LogP contribution >= 0.6 is 0 Å². The van der Waals surface area contributed by atoms with E-state index in [0.29, 0.717) is 0 Å². The van der Waals surface area contributed by atoms with Crippen LogP contribution in [0.2, 0.25) is 0 Å². The second-order valence-electron chi connectivity index (χ2n) is 7.70. The van der Waals surface area contributed by atoms with E-state index in [2.05, 4.69) is 34.5 Å². The van der Waals surface area contributed by atoms with E-state index >= 15 is 0 Å². The van der Waals surface area contributed by atoms with Gasteiger partial charge in [0.1, 0.15) is 5.75 Å². The molecule has 1 saturated carbocycles. The number of hydrogen-bond acceptors (Lipinski definition) is 3. The van der Waals surface area contributed by atoms with Crippen molar-refractivity contribution in [2.75, 3.05) is 31.5 Å². The SMILES string of the molecule is O=C(Nc1ccccc1OC1CCCC1)N1CCN(Cc2ccccc2)CC1. The van der Waals surface area contributed by atoms with E-state index in [4.69, 9.17) is 4.74 Å². The summed E-state index contributed by atoms with van der Waals surface area (Å²) in [5.74, 6) is 0.783. The lowest BCUT2D eigenvalue weighted by Gasteiger charge is -2.34. The molecule has 0 bridgehead atoms. The topological polar surface area (TPSA) is 44.8 Å². The van der Waals surface area contributed by atoms with Crippen LogP contribution in [0.1, 0.15) is 31.2 Å². The maximum Gasteiger partial charge on any atom is 0.322 e. The standard InChI is InChI=1S/C23H29N3O2/c27-23(24-21-12-6-7-13-22(21)28-20-10-4-5-11-20)26-16-14-25(15-17-26)18-19-8-2-1-3-9-19/h1-3,6-9,12-13,20H,4-5,10-11,14-18H2,(H,24,27). The molecule has 28 heavy (non-hydrogen) atoms. The molecule has 0 spiro atoms. The zero-order chi connectivity index (χ0) is 19.2. The number of nitrogens with zero attached hydrogens (tertiary/aromatic N) is 2. The molecule has 1 saturated heterocycles. The van der Waals surface area contributed by atoms with Crippen molar-refractivity contribution < 1.29 is 9.53 Å². The fourth-order valence-electron chi connectivity index (χ4n) is 4.00. The van der Waals surface area contributed by atoms with Crippen molar-refractivity contribution >= 4 is 11.7 Å². The number of anilines is 1. The smallest absolute Gasteiger partial charge is 0.322 e. The first kappa shape index (κ1) is 18.8. The molecule has 5 heteroatoms. The highest BCUT2D eigenvalue weighted by molar-refractivity contribution is 5.91. The quantitative estimate of drug-likeness (QED) is 0.840. The molecule has 1 heterocycles. The number of rotatable bonds is 5. The molecule has 1 N–H and O–H groups in total. The minimum Gasteiger partial charge on any atom is -0.488 e. The Labute approximate surface area is 167 Å². The highest BCUT2D eigenvalue weighted by Crippen LogP contribution is 2.30. The van der Waals surface area contributed by atoms with Gasteiger partial charge in [-0.25, -0.2) is 4.79 Å². The molecule has 0 atom stereocenters. The van der Waals surface area contributed by atoms with Crippen LogP contribution in [0.5, 0.6) is 5.75 Å². The van der Waals surface area contributed by atoms with E-state index in [9.17, 15) is 4.79 Å². The van der Waals surface area contributed by atoms with Gasteiger partial charge in [0.15, 0.2) is 0 Å². The van der Waals surface area contributed by atoms with E-state index in [1.165, 1.54) is 18.4 Å². The summed E-state index contributed by atoms with van der Waals surface area (Å²) in [6, 6.07) is 18.2. The third kappa shape index (κ3) is 4.84. The molecule has 2 aromatic carbocycles. The molecule has 2 aliphatic rings. The lowest BCUT2D eigenvalue weighted by Crippen LogP contribution is -2.49. The zero-order valence-electron chi connectivity index (χ0n) is 16.3. The Balaban J connectivity index is 1.30. The fraction of sp³-hybridized carbons (Fsp3) is 0.435. The number of para-hydroxylation sites is 2. The van der Waals surface area contributed by atoms with Crippen LogP contribution in [0.3, 0.4) is 0 Å². The predicted octanol–water partition coefficient (Wildman–Crippen LogP) is 4.36. The van der Waals surface area contributed by atoms with Crippen molar-refractivity contribution in [3.63, 3.8) is 0 Å². The first-order chi connectivity index (χ1) is 13.8. The predicted molar refractivity (Wildman–Crippen MR) is 112 cm³/mol. The van der Waals surface area contributed by atoms with Crippen LogP contribution in [0.4, 0.5) is 10.5 Å². The highest BCUT2D eigenvalue weighted by Gasteiger charge is 2.23. The minimum absolute atomic E-state index is 0.0400. The van der Waals surface area contributed by atoms with Crippen LogP contribution in [0.15, 0.2) is 54.6 Å². The van der Waals surface area contributed by atoms with Gasteiger partial charge in [0, 0.05) is 32.7 Å². The molecule has 1 aliphatic heterocycles. The molecular weight excluding hydrogens is 350 g/mol. The van der Waals surface area contributed by atoms with Gasteiger partial charge in [0.25, 0.3) is 0 Å². The Morgan fingerprint density at radius 1 is 0.929 bits per heavy atom. The van der Waals surface area contributed by atoms with Gasteiger partial charge in [-0.3, -0.25) is 4.90 Å². The largest absolute Gasteiger partial charge is 0.488 e. The number of carbonyl (C=O) groups is 1. The molecule has 5 nitrogen and oxygen atoms in total. The van der Waals surface area contributed by atoms with E-state index in [0.717, 1.165) is 57.0 Å². The van der Waals surface area contributed by atoms with Gasteiger partial charge in [-0.15, -0.1) is 0 Å². The summed E-state index contributed by atoms with van der Waals surface area (Å²) in [5, 5.41) is 3.06. The molecule has 0 aromatic heterocycles. The molecule has 4 rings (SSSR count). The van der Waals surface area contributed by atoms with Gasteiger partial charge in [-0.05, 0) is 43.4 Å². The molecule has 2 amide bonds. The summed E-state index contributed by atoms with van der Waals surface area (Å²) in [5.41, 5.74) is 2.09. The second kappa shape index (κ2) is 9.11. The molecule has 2 aromatic rings. The van der Waals surface area contributed by atoms with Crippen molar-refractivity contribution in [2.24, 2.45) is 0 Å². The third-order valence-electron chi connectivity index (χ3n) is 5.63. The summed E-state index contributed by atoms with van der Waals surface area (Å²) in [6.45, 7) is 4.20. The van der Waals surface area contributed by atoms with Gasteiger partial charge in [-0.2, -0.15) is 0 Å². The van der Waals surface area contributed by atoms with Crippen LogP contribution in [0.25, 0.3) is 0 Å². The van der Waals surface area contributed by atoms with Crippen molar-refractivity contribution in [1.29, 1.82) is 0 Å². The van der Waals surface area contributed by atoms with Gasteiger partial charge in [0.2, 0.25) is 0 Å². The number of benzene rings is 2. The fourth-order valence-corrected chi connectivity index (χ4v) is 4.00. The first-order valence-electron chi connectivity index (χ1n) is 10.4. The summed E-state index contributed by atoms with van der Waals surface area (Å²) in [6.07, 6.45) is 4.94. The lowest BCUT2D eigenvalue weighted by molar-refractivity contribution is 0.143. The Bertz CT molecular complexity index is 766. The highest BCUT2D eigenvalue weighted by atomic mass is 16.5. The summed E-state index contributed by atoms with van der Waals surface area (Å²) in [7, 11) is 0. The summed E-state index contributed by atoms with van der Waals surface area (Å²) in [4.78, 5) is 17.1. The molecule has 148 valence electrons. The van der Waals surface area contributed by atoms with Gasteiger partial charge in [0.05, 0.1) is 11.8 Å². The second-order valence-corrected chi connectivity index (χ2v) is 7.70. The summed E-state index contributed by atoms with van der Waals surface area (Å²) < 4.78 is 6.14. The number of hydrogen-bond donors (Lipinski definition) is 1. The number of nitrogens with one attached hydrogen (secondary N) is 1. The molecular formula is C23H29N3O2. The van der Waals surface area contributed by atoms with Crippen molar-refractivity contribution in [3.8, 4) is 5.75 Å².